The van der Waals surface area contributed by atoms with Gasteiger partial charge in [-0.1, -0.05) is 20.3 Å². The van der Waals surface area contributed by atoms with Crippen LogP contribution in [0.5, 0.6) is 0 Å². The van der Waals surface area contributed by atoms with Crippen molar-refractivity contribution in [1.82, 2.24) is 0 Å². The van der Waals surface area contributed by atoms with Crippen LogP contribution in [0.25, 0.3) is 0 Å². The lowest BCUT2D eigenvalue weighted by atomic mass is 9.67. The van der Waals surface area contributed by atoms with E-state index >= 15 is 0 Å². The molecular weight excluding hydrogens is 258 g/mol. The summed E-state index contributed by atoms with van der Waals surface area (Å²) in [5, 5.41) is 0. The molecule has 3 aliphatic rings. The van der Waals surface area contributed by atoms with Crippen molar-refractivity contribution in [2.45, 2.75) is 90.2 Å². The summed E-state index contributed by atoms with van der Waals surface area (Å²) >= 11 is 0. The van der Waals surface area contributed by atoms with Crippen molar-refractivity contribution in [3.05, 3.63) is 0 Å². The summed E-state index contributed by atoms with van der Waals surface area (Å²) in [5.74, 6) is 2.91. The molecule has 0 radical (unpaired) electrons. The zero-order valence-corrected chi connectivity index (χ0v) is 14.4. The maximum absolute atomic E-state index is 6.74. The van der Waals surface area contributed by atoms with Crippen LogP contribution in [0.3, 0.4) is 0 Å². The number of fused-ring (bicyclic) bond motifs is 2. The predicted molar refractivity (Wildman–Crippen MR) is 88.1 cm³/mol. The van der Waals surface area contributed by atoms with E-state index in [-0.39, 0.29) is 11.6 Å². The highest BCUT2D eigenvalue weighted by Crippen LogP contribution is 2.51. The number of hydrogen-bond donors (Lipinski definition) is 1. The minimum Gasteiger partial charge on any atom is -0.374 e. The average molecular weight is 293 g/mol. The first-order chi connectivity index (χ1) is 9.94. The molecule has 2 heteroatoms. The minimum atomic E-state index is -0.0217. The van der Waals surface area contributed by atoms with Gasteiger partial charge in [-0.2, -0.15) is 0 Å². The molecule has 0 aromatic rings. The summed E-state index contributed by atoms with van der Waals surface area (Å²) in [5.41, 5.74) is 7.20. The van der Waals surface area contributed by atoms with Gasteiger partial charge in [-0.05, 0) is 81.5 Å². The van der Waals surface area contributed by atoms with Crippen molar-refractivity contribution in [1.29, 1.82) is 0 Å². The number of rotatable bonds is 5. The number of ether oxygens (including phenoxy) is 1. The SMILES string of the molecule is CCOC1(C(N)CC2CC3CCC2C3)CCC(C)(C)CC1. The van der Waals surface area contributed by atoms with Gasteiger partial charge in [0.1, 0.15) is 0 Å². The second-order valence-corrected chi connectivity index (χ2v) is 8.94. The van der Waals surface area contributed by atoms with E-state index in [1.807, 2.05) is 0 Å². The molecule has 21 heavy (non-hydrogen) atoms. The zero-order valence-electron chi connectivity index (χ0n) is 14.4. The summed E-state index contributed by atoms with van der Waals surface area (Å²) < 4.78 is 6.29. The molecule has 4 unspecified atom stereocenters. The Morgan fingerprint density at radius 3 is 2.33 bits per heavy atom. The maximum Gasteiger partial charge on any atom is 0.0832 e. The molecule has 3 saturated carbocycles. The van der Waals surface area contributed by atoms with Crippen LogP contribution in [-0.4, -0.2) is 18.2 Å². The Morgan fingerprint density at radius 2 is 1.81 bits per heavy atom. The second-order valence-electron chi connectivity index (χ2n) is 8.94. The highest BCUT2D eigenvalue weighted by atomic mass is 16.5. The van der Waals surface area contributed by atoms with Crippen LogP contribution in [0.1, 0.15) is 78.6 Å². The molecule has 2 N–H and O–H groups in total. The Balaban J connectivity index is 1.63. The van der Waals surface area contributed by atoms with Gasteiger partial charge in [0.25, 0.3) is 0 Å². The maximum atomic E-state index is 6.74. The van der Waals surface area contributed by atoms with E-state index in [4.69, 9.17) is 10.5 Å². The van der Waals surface area contributed by atoms with Crippen LogP contribution in [0.15, 0.2) is 0 Å². The Kier molecular flexibility index (Phi) is 4.40. The van der Waals surface area contributed by atoms with Gasteiger partial charge < -0.3 is 10.5 Å². The normalized spacial score (nSPS) is 38.6. The highest BCUT2D eigenvalue weighted by Gasteiger charge is 2.46. The summed E-state index contributed by atoms with van der Waals surface area (Å²) in [7, 11) is 0. The molecule has 122 valence electrons. The van der Waals surface area contributed by atoms with Crippen molar-refractivity contribution >= 4 is 0 Å². The van der Waals surface area contributed by atoms with Crippen LogP contribution < -0.4 is 5.73 Å². The number of nitrogens with two attached hydrogens (primary N) is 1. The van der Waals surface area contributed by atoms with E-state index in [0.29, 0.717) is 5.41 Å². The zero-order chi connectivity index (χ0) is 15.1. The standard InChI is InChI=1S/C19H35NO/c1-4-21-19(9-7-18(2,3)8-10-19)17(20)13-16-12-14-5-6-15(16)11-14/h14-17H,4-13,20H2,1-3H3. The van der Waals surface area contributed by atoms with E-state index in [0.717, 1.165) is 37.2 Å². The molecule has 3 rings (SSSR count). The summed E-state index contributed by atoms with van der Waals surface area (Å²) in [6.07, 6.45) is 12.0. The van der Waals surface area contributed by atoms with E-state index < -0.39 is 0 Å². The third-order valence-corrected chi connectivity index (χ3v) is 7.00. The van der Waals surface area contributed by atoms with Gasteiger partial charge >= 0.3 is 0 Å². The first-order valence-electron chi connectivity index (χ1n) is 9.34. The number of hydrogen-bond acceptors (Lipinski definition) is 2. The van der Waals surface area contributed by atoms with Crippen LogP contribution >= 0.6 is 0 Å². The Bertz CT molecular complexity index is 355. The molecule has 0 aromatic carbocycles. The van der Waals surface area contributed by atoms with E-state index in [1.165, 1.54) is 44.9 Å². The van der Waals surface area contributed by atoms with Gasteiger partial charge in [0.15, 0.2) is 0 Å². The molecule has 0 aromatic heterocycles. The minimum absolute atomic E-state index is 0.0217. The molecule has 0 heterocycles. The lowest BCUT2D eigenvalue weighted by Gasteiger charge is -2.47. The largest absolute Gasteiger partial charge is 0.374 e. The Morgan fingerprint density at radius 1 is 1.10 bits per heavy atom. The van der Waals surface area contributed by atoms with Crippen molar-refractivity contribution in [3.63, 3.8) is 0 Å². The monoisotopic (exact) mass is 293 g/mol. The first-order valence-corrected chi connectivity index (χ1v) is 9.34. The van der Waals surface area contributed by atoms with Gasteiger partial charge in [-0.3, -0.25) is 0 Å². The fraction of sp³-hybridized carbons (Fsp3) is 1.00. The predicted octanol–water partition coefficient (Wildman–Crippen LogP) is 4.52. The second kappa shape index (κ2) is 5.85. The van der Waals surface area contributed by atoms with Crippen molar-refractivity contribution < 1.29 is 4.74 Å². The molecule has 0 saturated heterocycles. The first kappa shape index (κ1) is 15.8. The molecule has 4 atom stereocenters. The quantitative estimate of drug-likeness (QED) is 0.809. The molecule has 2 bridgehead atoms. The smallest absolute Gasteiger partial charge is 0.0832 e. The fourth-order valence-electron chi connectivity index (χ4n) is 5.47. The molecule has 3 fully saturated rings. The Labute approximate surface area is 131 Å². The van der Waals surface area contributed by atoms with Crippen molar-refractivity contribution in [3.8, 4) is 0 Å². The third kappa shape index (κ3) is 3.17. The van der Waals surface area contributed by atoms with E-state index in [9.17, 15) is 0 Å². The molecule has 0 amide bonds. The van der Waals surface area contributed by atoms with E-state index in [1.54, 1.807) is 0 Å². The van der Waals surface area contributed by atoms with Crippen LogP contribution in [0.2, 0.25) is 0 Å². The van der Waals surface area contributed by atoms with Crippen LogP contribution in [-0.2, 0) is 4.74 Å². The topological polar surface area (TPSA) is 35.2 Å². The van der Waals surface area contributed by atoms with Crippen molar-refractivity contribution in [2.75, 3.05) is 6.61 Å². The summed E-state index contributed by atoms with van der Waals surface area (Å²) in [6.45, 7) is 7.73. The molecular formula is C19H35NO. The molecule has 0 aliphatic heterocycles. The van der Waals surface area contributed by atoms with Gasteiger partial charge in [-0.15, -0.1) is 0 Å². The summed E-state index contributed by atoms with van der Waals surface area (Å²) in [4.78, 5) is 0. The molecule has 3 aliphatic carbocycles. The average Bonchev–Trinajstić information content (AvgIpc) is 3.04. The molecule has 0 spiro atoms. The van der Waals surface area contributed by atoms with Gasteiger partial charge in [-0.25, -0.2) is 0 Å². The van der Waals surface area contributed by atoms with Gasteiger partial charge in [0, 0.05) is 12.6 Å². The van der Waals surface area contributed by atoms with E-state index in [2.05, 4.69) is 20.8 Å². The van der Waals surface area contributed by atoms with Gasteiger partial charge in [0.2, 0.25) is 0 Å². The lowest BCUT2D eigenvalue weighted by molar-refractivity contribution is -0.103. The van der Waals surface area contributed by atoms with Gasteiger partial charge in [0.05, 0.1) is 5.60 Å². The van der Waals surface area contributed by atoms with Crippen molar-refractivity contribution in [2.24, 2.45) is 28.9 Å². The summed E-state index contributed by atoms with van der Waals surface area (Å²) in [6, 6.07) is 0.248. The fourth-order valence-corrected chi connectivity index (χ4v) is 5.47. The molecule has 2 nitrogen and oxygen atoms in total. The van der Waals surface area contributed by atoms with Crippen LogP contribution in [0, 0.1) is 23.2 Å². The van der Waals surface area contributed by atoms with Crippen LogP contribution in [0.4, 0.5) is 0 Å². The lowest BCUT2D eigenvalue weighted by Crippen LogP contribution is -2.54. The highest BCUT2D eigenvalue weighted by molar-refractivity contribution is 5.00. The Hall–Kier alpha value is -0.0800. The third-order valence-electron chi connectivity index (χ3n) is 7.00.